The van der Waals surface area contributed by atoms with Crippen LogP contribution < -0.4 is 5.32 Å². The van der Waals surface area contributed by atoms with Crippen molar-refractivity contribution >= 4 is 0 Å². The van der Waals surface area contributed by atoms with Crippen molar-refractivity contribution in [2.75, 3.05) is 33.0 Å². The van der Waals surface area contributed by atoms with Crippen LogP contribution in [0.25, 0.3) is 0 Å². The second-order valence-electron chi connectivity index (χ2n) is 4.45. The normalized spacial score (nSPS) is 31.4. The molecular weight excluding hydrogens is 194 g/mol. The van der Waals surface area contributed by atoms with Crippen LogP contribution in [-0.4, -0.2) is 44.8 Å². The first-order valence-electron chi connectivity index (χ1n) is 5.88. The fraction of sp³-hybridized carbons (Fsp3) is 1.00. The van der Waals surface area contributed by atoms with E-state index in [4.69, 9.17) is 14.2 Å². The molecule has 0 aliphatic carbocycles. The van der Waals surface area contributed by atoms with Gasteiger partial charge in [0.05, 0.1) is 13.2 Å². The summed E-state index contributed by atoms with van der Waals surface area (Å²) < 4.78 is 16.5. The van der Waals surface area contributed by atoms with E-state index in [1.165, 1.54) is 6.42 Å². The van der Waals surface area contributed by atoms with Gasteiger partial charge in [-0.2, -0.15) is 0 Å². The summed E-state index contributed by atoms with van der Waals surface area (Å²) in [5.41, 5.74) is 0. The Kier molecular flexibility index (Phi) is 3.97. The van der Waals surface area contributed by atoms with Crippen molar-refractivity contribution < 1.29 is 14.2 Å². The molecule has 2 heterocycles. The van der Waals surface area contributed by atoms with E-state index < -0.39 is 5.79 Å². The molecule has 15 heavy (non-hydrogen) atoms. The molecule has 88 valence electrons. The van der Waals surface area contributed by atoms with E-state index in [1.54, 1.807) is 0 Å². The molecule has 1 N–H and O–H groups in total. The van der Waals surface area contributed by atoms with Gasteiger partial charge >= 0.3 is 0 Å². The molecule has 0 aromatic carbocycles. The first kappa shape index (κ1) is 11.3. The van der Waals surface area contributed by atoms with E-state index in [9.17, 15) is 0 Å². The van der Waals surface area contributed by atoms with Gasteiger partial charge in [0.25, 0.3) is 0 Å². The average Bonchev–Trinajstić information content (AvgIpc) is 2.53. The highest BCUT2D eigenvalue weighted by Crippen LogP contribution is 2.18. The zero-order valence-corrected chi connectivity index (χ0v) is 9.46. The van der Waals surface area contributed by atoms with E-state index in [1.807, 2.05) is 6.92 Å². The number of hydrogen-bond donors (Lipinski definition) is 1. The second kappa shape index (κ2) is 5.25. The molecule has 4 heteroatoms. The summed E-state index contributed by atoms with van der Waals surface area (Å²) in [7, 11) is 0. The zero-order valence-electron chi connectivity index (χ0n) is 9.46. The Morgan fingerprint density at radius 3 is 2.73 bits per heavy atom. The number of hydrogen-bond acceptors (Lipinski definition) is 4. The zero-order chi connectivity index (χ0) is 10.6. The molecule has 0 bridgehead atoms. The van der Waals surface area contributed by atoms with Crippen LogP contribution in [0.2, 0.25) is 0 Å². The van der Waals surface area contributed by atoms with Crippen molar-refractivity contribution in [2.24, 2.45) is 0 Å². The van der Waals surface area contributed by atoms with Crippen molar-refractivity contribution in [1.82, 2.24) is 5.32 Å². The van der Waals surface area contributed by atoms with Gasteiger partial charge in [0, 0.05) is 25.8 Å². The summed E-state index contributed by atoms with van der Waals surface area (Å²) in [6, 6.07) is 0.553. The maximum Gasteiger partial charge on any atom is 0.178 e. The maximum atomic E-state index is 5.55. The lowest BCUT2D eigenvalue weighted by Gasteiger charge is -2.25. The topological polar surface area (TPSA) is 39.7 Å². The second-order valence-corrected chi connectivity index (χ2v) is 4.45. The summed E-state index contributed by atoms with van der Waals surface area (Å²) in [5, 5.41) is 3.51. The predicted molar refractivity (Wildman–Crippen MR) is 56.8 cm³/mol. The molecule has 0 saturated carbocycles. The van der Waals surface area contributed by atoms with Crippen molar-refractivity contribution in [2.45, 2.75) is 38.0 Å². The molecule has 1 unspecified atom stereocenters. The van der Waals surface area contributed by atoms with Gasteiger partial charge in [-0.25, -0.2) is 0 Å². The summed E-state index contributed by atoms with van der Waals surface area (Å²) in [6.07, 6.45) is 3.43. The van der Waals surface area contributed by atoms with Crippen LogP contribution in [0.3, 0.4) is 0 Å². The van der Waals surface area contributed by atoms with Gasteiger partial charge in [-0.3, -0.25) is 0 Å². The summed E-state index contributed by atoms with van der Waals surface area (Å²) in [4.78, 5) is 0. The predicted octanol–water partition coefficient (Wildman–Crippen LogP) is 0.908. The minimum Gasteiger partial charge on any atom is -0.381 e. The third-order valence-corrected chi connectivity index (χ3v) is 3.06. The standard InChI is InChI=1S/C11H21NO3/c1-11(14-7-8-15-11)9-12-10-3-2-5-13-6-4-10/h10,12H,2-9H2,1H3. The Hall–Kier alpha value is -0.160. The molecule has 2 fully saturated rings. The van der Waals surface area contributed by atoms with E-state index in [2.05, 4.69) is 5.32 Å². The molecule has 2 saturated heterocycles. The Labute approximate surface area is 91.3 Å². The molecule has 2 aliphatic rings. The van der Waals surface area contributed by atoms with E-state index in [0.29, 0.717) is 19.3 Å². The number of rotatable bonds is 3. The quantitative estimate of drug-likeness (QED) is 0.759. The Morgan fingerprint density at radius 1 is 1.13 bits per heavy atom. The van der Waals surface area contributed by atoms with Crippen LogP contribution in [0.1, 0.15) is 26.2 Å². The maximum absolute atomic E-state index is 5.55. The minimum absolute atomic E-state index is 0.410. The van der Waals surface area contributed by atoms with Crippen LogP contribution >= 0.6 is 0 Å². The summed E-state index contributed by atoms with van der Waals surface area (Å²) in [5.74, 6) is -0.410. The molecule has 0 aromatic rings. The van der Waals surface area contributed by atoms with Crippen LogP contribution in [0.15, 0.2) is 0 Å². The lowest BCUT2D eigenvalue weighted by Crippen LogP contribution is -2.43. The van der Waals surface area contributed by atoms with Gasteiger partial charge in [-0.1, -0.05) is 0 Å². The molecule has 4 nitrogen and oxygen atoms in total. The van der Waals surface area contributed by atoms with Gasteiger partial charge < -0.3 is 19.5 Å². The van der Waals surface area contributed by atoms with Crippen molar-refractivity contribution in [1.29, 1.82) is 0 Å². The van der Waals surface area contributed by atoms with Crippen molar-refractivity contribution in [3.63, 3.8) is 0 Å². The molecule has 0 aromatic heterocycles. The lowest BCUT2D eigenvalue weighted by atomic mass is 10.1. The molecule has 0 radical (unpaired) electrons. The molecule has 2 aliphatic heterocycles. The Morgan fingerprint density at radius 2 is 1.93 bits per heavy atom. The highest BCUT2D eigenvalue weighted by atomic mass is 16.7. The third-order valence-electron chi connectivity index (χ3n) is 3.06. The van der Waals surface area contributed by atoms with Crippen LogP contribution in [0, 0.1) is 0 Å². The van der Waals surface area contributed by atoms with E-state index >= 15 is 0 Å². The van der Waals surface area contributed by atoms with Gasteiger partial charge in [-0.15, -0.1) is 0 Å². The molecule has 2 rings (SSSR count). The number of nitrogens with one attached hydrogen (secondary N) is 1. The van der Waals surface area contributed by atoms with Crippen molar-refractivity contribution in [3.05, 3.63) is 0 Å². The SMILES string of the molecule is CC1(CNC2CCCOCC2)OCCO1. The highest BCUT2D eigenvalue weighted by Gasteiger charge is 2.31. The average molecular weight is 215 g/mol. The highest BCUT2D eigenvalue weighted by molar-refractivity contribution is 4.76. The fourth-order valence-corrected chi connectivity index (χ4v) is 2.10. The van der Waals surface area contributed by atoms with Gasteiger partial charge in [0.2, 0.25) is 0 Å². The fourth-order valence-electron chi connectivity index (χ4n) is 2.10. The largest absolute Gasteiger partial charge is 0.381 e. The summed E-state index contributed by atoms with van der Waals surface area (Å²) in [6.45, 7) is 5.98. The van der Waals surface area contributed by atoms with Crippen LogP contribution in [-0.2, 0) is 14.2 Å². The van der Waals surface area contributed by atoms with E-state index in [0.717, 1.165) is 32.6 Å². The third kappa shape index (κ3) is 3.41. The molecule has 1 atom stereocenters. The van der Waals surface area contributed by atoms with Crippen LogP contribution in [0.5, 0.6) is 0 Å². The van der Waals surface area contributed by atoms with Gasteiger partial charge in [0.15, 0.2) is 5.79 Å². The van der Waals surface area contributed by atoms with Gasteiger partial charge in [0.1, 0.15) is 0 Å². The smallest absolute Gasteiger partial charge is 0.178 e. The first-order chi connectivity index (χ1) is 7.29. The van der Waals surface area contributed by atoms with E-state index in [-0.39, 0.29) is 0 Å². The van der Waals surface area contributed by atoms with Gasteiger partial charge in [-0.05, 0) is 26.2 Å². The van der Waals surface area contributed by atoms with Crippen LogP contribution in [0.4, 0.5) is 0 Å². The summed E-state index contributed by atoms with van der Waals surface area (Å²) >= 11 is 0. The first-order valence-corrected chi connectivity index (χ1v) is 5.88. The lowest BCUT2D eigenvalue weighted by molar-refractivity contribution is -0.139. The number of ether oxygens (including phenoxy) is 3. The van der Waals surface area contributed by atoms with Crippen molar-refractivity contribution in [3.8, 4) is 0 Å². The molecular formula is C11H21NO3. The Balaban J connectivity index is 1.71. The molecule has 0 amide bonds. The monoisotopic (exact) mass is 215 g/mol. The Bertz CT molecular complexity index is 184. The molecule has 0 spiro atoms. The minimum atomic E-state index is -0.410.